The van der Waals surface area contributed by atoms with E-state index in [9.17, 15) is 22.8 Å². The second-order valence-corrected chi connectivity index (χ2v) is 4.63. The maximum atomic E-state index is 12.4. The van der Waals surface area contributed by atoms with Crippen LogP contribution in [0.1, 0.15) is 23.3 Å². The molecule has 0 radical (unpaired) electrons. The maximum absolute atomic E-state index is 12.4. The minimum atomic E-state index is -4.44. The Morgan fingerprint density at radius 1 is 1.40 bits per heavy atom. The van der Waals surface area contributed by atoms with Crippen LogP contribution < -0.4 is 0 Å². The quantitative estimate of drug-likeness (QED) is 0.922. The number of likely N-dealkylation sites (tertiary alicyclic amines) is 1. The Morgan fingerprint density at radius 2 is 2.10 bits per heavy atom. The Bertz CT molecular complexity index is 524. The van der Waals surface area contributed by atoms with Crippen LogP contribution in [0, 0.1) is 0 Å². The molecular formula is C12H13F3N2O3. The van der Waals surface area contributed by atoms with E-state index in [1.165, 1.54) is 12.1 Å². The minimum Gasteiger partial charge on any atom is -0.480 e. The van der Waals surface area contributed by atoms with E-state index in [2.05, 4.69) is 0 Å². The Balaban J connectivity index is 2.22. The number of nitrogens with zero attached hydrogens (tertiary/aromatic N) is 2. The third-order valence-corrected chi connectivity index (χ3v) is 3.20. The van der Waals surface area contributed by atoms with E-state index in [1.807, 2.05) is 0 Å². The molecular weight excluding hydrogens is 277 g/mol. The largest absolute Gasteiger partial charge is 0.480 e. The molecule has 0 aromatic carbocycles. The highest BCUT2D eigenvalue weighted by Crippen LogP contribution is 2.23. The fourth-order valence-corrected chi connectivity index (χ4v) is 2.35. The second kappa shape index (κ2) is 5.18. The minimum absolute atomic E-state index is 0.143. The number of hydrogen-bond acceptors (Lipinski definition) is 2. The van der Waals surface area contributed by atoms with Gasteiger partial charge in [-0.05, 0) is 25.0 Å². The van der Waals surface area contributed by atoms with Gasteiger partial charge in [0.25, 0.3) is 5.91 Å². The standard InChI is InChI=1S/C12H13F3N2O3/c13-12(14,15)7-16-5-1-3-8(16)10(18)17-6-2-4-9(17)11(19)20/h1,3,5,9H,2,4,6-7H2,(H,19,20)/t9-/m1/s1. The van der Waals surface area contributed by atoms with Gasteiger partial charge in [-0.2, -0.15) is 13.2 Å². The summed E-state index contributed by atoms with van der Waals surface area (Å²) >= 11 is 0. The smallest absolute Gasteiger partial charge is 0.406 e. The summed E-state index contributed by atoms with van der Waals surface area (Å²) in [5, 5.41) is 9.01. The lowest BCUT2D eigenvalue weighted by Crippen LogP contribution is -2.41. The molecule has 0 bridgehead atoms. The molecule has 1 aliphatic rings. The average molecular weight is 290 g/mol. The number of carbonyl (C=O) groups excluding carboxylic acids is 1. The highest BCUT2D eigenvalue weighted by Gasteiger charge is 2.36. The van der Waals surface area contributed by atoms with E-state index < -0.39 is 30.6 Å². The van der Waals surface area contributed by atoms with Gasteiger partial charge in [-0.1, -0.05) is 0 Å². The first kappa shape index (κ1) is 14.4. The first-order chi connectivity index (χ1) is 9.29. The molecule has 0 unspecified atom stereocenters. The Labute approximate surface area is 112 Å². The number of amides is 1. The lowest BCUT2D eigenvalue weighted by Gasteiger charge is -2.22. The lowest BCUT2D eigenvalue weighted by molar-refractivity contribution is -0.142. The van der Waals surface area contributed by atoms with Gasteiger partial charge in [0.1, 0.15) is 18.3 Å². The van der Waals surface area contributed by atoms with Crippen molar-refractivity contribution in [3.8, 4) is 0 Å². The fraction of sp³-hybridized carbons (Fsp3) is 0.500. The van der Waals surface area contributed by atoms with Crippen LogP contribution in [-0.4, -0.2) is 45.2 Å². The molecule has 0 saturated carbocycles. The molecule has 0 spiro atoms. The fourth-order valence-electron chi connectivity index (χ4n) is 2.35. The van der Waals surface area contributed by atoms with Crippen molar-refractivity contribution >= 4 is 11.9 Å². The zero-order valence-corrected chi connectivity index (χ0v) is 10.4. The predicted molar refractivity (Wildman–Crippen MR) is 62.2 cm³/mol. The number of carboxylic acid groups (broad SMARTS) is 1. The Hall–Kier alpha value is -1.99. The molecule has 1 N–H and O–H groups in total. The summed E-state index contributed by atoms with van der Waals surface area (Å²) in [7, 11) is 0. The first-order valence-corrected chi connectivity index (χ1v) is 6.05. The van der Waals surface area contributed by atoms with E-state index in [0.717, 1.165) is 15.7 Å². The number of hydrogen-bond donors (Lipinski definition) is 1. The number of alkyl halides is 3. The molecule has 1 amide bonds. The van der Waals surface area contributed by atoms with E-state index in [0.29, 0.717) is 12.8 Å². The number of carbonyl (C=O) groups is 2. The van der Waals surface area contributed by atoms with Crippen molar-refractivity contribution in [3.63, 3.8) is 0 Å². The van der Waals surface area contributed by atoms with Gasteiger partial charge in [-0.3, -0.25) is 4.79 Å². The van der Waals surface area contributed by atoms with Crippen LogP contribution in [0.15, 0.2) is 18.3 Å². The van der Waals surface area contributed by atoms with Gasteiger partial charge in [-0.25, -0.2) is 4.79 Å². The summed E-state index contributed by atoms with van der Waals surface area (Å²) in [6.45, 7) is -1.03. The van der Waals surface area contributed by atoms with Gasteiger partial charge < -0.3 is 14.6 Å². The molecule has 8 heteroatoms. The predicted octanol–water partition coefficient (Wildman–Crippen LogP) is 1.74. The number of rotatable bonds is 3. The van der Waals surface area contributed by atoms with Crippen molar-refractivity contribution < 1.29 is 27.9 Å². The van der Waals surface area contributed by atoms with E-state index in [-0.39, 0.29) is 12.2 Å². The summed E-state index contributed by atoms with van der Waals surface area (Å²) in [4.78, 5) is 24.3. The molecule has 1 fully saturated rings. The van der Waals surface area contributed by atoms with Gasteiger partial charge in [0, 0.05) is 12.7 Å². The topological polar surface area (TPSA) is 62.5 Å². The van der Waals surface area contributed by atoms with E-state index in [4.69, 9.17) is 5.11 Å². The summed E-state index contributed by atoms with van der Waals surface area (Å²) in [5.41, 5.74) is -0.143. The third-order valence-electron chi connectivity index (χ3n) is 3.20. The summed E-state index contributed by atoms with van der Waals surface area (Å²) in [6.07, 6.45) is -2.43. The van der Waals surface area contributed by atoms with Crippen molar-refractivity contribution in [1.82, 2.24) is 9.47 Å². The summed E-state index contributed by atoms with van der Waals surface area (Å²) in [6, 6.07) is 1.65. The molecule has 2 rings (SSSR count). The molecule has 0 aliphatic carbocycles. The number of halogens is 3. The molecule has 1 saturated heterocycles. The Kier molecular flexibility index (Phi) is 3.74. The van der Waals surface area contributed by atoms with Crippen LogP contribution in [0.25, 0.3) is 0 Å². The highest BCUT2D eigenvalue weighted by molar-refractivity contribution is 5.95. The summed E-state index contributed by atoms with van der Waals surface area (Å²) in [5.74, 6) is -1.81. The molecule has 1 aromatic rings. The second-order valence-electron chi connectivity index (χ2n) is 4.63. The van der Waals surface area contributed by atoms with Crippen molar-refractivity contribution in [2.45, 2.75) is 31.6 Å². The maximum Gasteiger partial charge on any atom is 0.406 e. The zero-order valence-electron chi connectivity index (χ0n) is 10.4. The molecule has 1 aliphatic heterocycles. The van der Waals surface area contributed by atoms with Crippen molar-refractivity contribution in [2.24, 2.45) is 0 Å². The lowest BCUT2D eigenvalue weighted by atomic mass is 10.2. The molecule has 1 aromatic heterocycles. The molecule has 1 atom stereocenters. The molecule has 2 heterocycles. The third kappa shape index (κ3) is 2.94. The van der Waals surface area contributed by atoms with Gasteiger partial charge >= 0.3 is 12.1 Å². The normalized spacial score (nSPS) is 19.4. The van der Waals surface area contributed by atoms with E-state index >= 15 is 0 Å². The van der Waals surface area contributed by atoms with Crippen LogP contribution in [0.2, 0.25) is 0 Å². The monoisotopic (exact) mass is 290 g/mol. The molecule has 110 valence electrons. The van der Waals surface area contributed by atoms with Gasteiger partial charge in [0.15, 0.2) is 0 Å². The van der Waals surface area contributed by atoms with Crippen LogP contribution in [0.3, 0.4) is 0 Å². The van der Waals surface area contributed by atoms with E-state index in [1.54, 1.807) is 0 Å². The Morgan fingerprint density at radius 3 is 2.70 bits per heavy atom. The average Bonchev–Trinajstić information content (AvgIpc) is 2.93. The number of aliphatic carboxylic acids is 1. The van der Waals surface area contributed by atoms with Crippen LogP contribution in [0.4, 0.5) is 13.2 Å². The first-order valence-electron chi connectivity index (χ1n) is 6.05. The van der Waals surface area contributed by atoms with Gasteiger partial charge in [-0.15, -0.1) is 0 Å². The number of carboxylic acids is 1. The van der Waals surface area contributed by atoms with Crippen LogP contribution in [0.5, 0.6) is 0 Å². The van der Waals surface area contributed by atoms with Crippen LogP contribution >= 0.6 is 0 Å². The number of aromatic nitrogens is 1. The highest BCUT2D eigenvalue weighted by atomic mass is 19.4. The van der Waals surface area contributed by atoms with Gasteiger partial charge in [0.2, 0.25) is 0 Å². The zero-order chi connectivity index (χ0) is 14.9. The van der Waals surface area contributed by atoms with Crippen LogP contribution in [-0.2, 0) is 11.3 Å². The molecule has 5 nitrogen and oxygen atoms in total. The molecule has 20 heavy (non-hydrogen) atoms. The van der Waals surface area contributed by atoms with Crippen molar-refractivity contribution in [3.05, 3.63) is 24.0 Å². The van der Waals surface area contributed by atoms with Gasteiger partial charge in [0.05, 0.1) is 0 Å². The van der Waals surface area contributed by atoms with Crippen molar-refractivity contribution in [1.29, 1.82) is 0 Å². The summed E-state index contributed by atoms with van der Waals surface area (Å²) < 4.78 is 38.0. The van der Waals surface area contributed by atoms with Crippen molar-refractivity contribution in [2.75, 3.05) is 6.54 Å². The SMILES string of the molecule is O=C(O)[C@H]1CCCN1C(=O)c1cccn1CC(F)(F)F.